The van der Waals surface area contributed by atoms with Crippen LogP contribution in [0.2, 0.25) is 0 Å². The van der Waals surface area contributed by atoms with E-state index in [1.165, 1.54) is 40.7 Å². The normalized spacial score (nSPS) is 14.1. The third-order valence-electron chi connectivity index (χ3n) is 5.85. The standard InChI is InChI=1S/C26H20FN3O3S2/c1-2-15-29-23-14-11-20(27)17-24(23)34-26(29)28-25(31)19-9-12-21(13-10-19)35(32,33)30-16-5-7-18-6-3-4-8-22(18)30/h1,3-4,6,8-14,17H,5,7,15-16H2. The Morgan fingerprint density at radius 3 is 2.66 bits per heavy atom. The number of fused-ring (bicyclic) bond motifs is 2. The van der Waals surface area contributed by atoms with E-state index in [9.17, 15) is 17.6 Å². The predicted molar refractivity (Wildman–Crippen MR) is 134 cm³/mol. The molecule has 0 atom stereocenters. The van der Waals surface area contributed by atoms with Crippen LogP contribution in [0, 0.1) is 18.2 Å². The highest BCUT2D eigenvalue weighted by Crippen LogP contribution is 2.31. The Bertz CT molecular complexity index is 1660. The van der Waals surface area contributed by atoms with Gasteiger partial charge in [0.25, 0.3) is 15.9 Å². The monoisotopic (exact) mass is 505 g/mol. The fourth-order valence-electron chi connectivity index (χ4n) is 4.17. The number of amides is 1. The molecule has 0 saturated carbocycles. The van der Waals surface area contributed by atoms with Crippen LogP contribution in [0.15, 0.2) is 76.6 Å². The van der Waals surface area contributed by atoms with Crippen molar-refractivity contribution in [2.24, 2.45) is 4.99 Å². The van der Waals surface area contributed by atoms with Gasteiger partial charge in [-0.2, -0.15) is 4.99 Å². The van der Waals surface area contributed by atoms with Gasteiger partial charge < -0.3 is 4.57 Å². The van der Waals surface area contributed by atoms with Crippen LogP contribution < -0.4 is 9.11 Å². The Morgan fingerprint density at radius 1 is 1.11 bits per heavy atom. The van der Waals surface area contributed by atoms with Gasteiger partial charge in [-0.3, -0.25) is 9.10 Å². The molecule has 0 N–H and O–H groups in total. The third-order valence-corrected chi connectivity index (χ3v) is 8.72. The van der Waals surface area contributed by atoms with Gasteiger partial charge in [0, 0.05) is 12.1 Å². The number of nitrogens with zero attached hydrogens (tertiary/aromatic N) is 3. The number of carbonyl (C=O) groups is 1. The van der Waals surface area contributed by atoms with Crippen LogP contribution in [0.5, 0.6) is 0 Å². The van der Waals surface area contributed by atoms with E-state index < -0.39 is 21.7 Å². The first-order valence-corrected chi connectivity index (χ1v) is 13.2. The highest BCUT2D eigenvalue weighted by atomic mass is 32.2. The van der Waals surface area contributed by atoms with Crippen molar-refractivity contribution in [2.45, 2.75) is 24.3 Å². The molecule has 9 heteroatoms. The highest BCUT2D eigenvalue weighted by molar-refractivity contribution is 7.92. The first-order chi connectivity index (χ1) is 16.9. The maximum atomic E-state index is 13.6. The lowest BCUT2D eigenvalue weighted by Crippen LogP contribution is -2.35. The van der Waals surface area contributed by atoms with Crippen LogP contribution in [0.4, 0.5) is 10.1 Å². The average molecular weight is 506 g/mol. The summed E-state index contributed by atoms with van der Waals surface area (Å²) < 4.78 is 44.0. The van der Waals surface area contributed by atoms with Gasteiger partial charge in [-0.25, -0.2) is 12.8 Å². The predicted octanol–water partition coefficient (Wildman–Crippen LogP) is 4.36. The fourth-order valence-corrected chi connectivity index (χ4v) is 6.77. The van der Waals surface area contributed by atoms with E-state index in [0.29, 0.717) is 27.3 Å². The molecule has 4 aromatic rings. The van der Waals surface area contributed by atoms with Crippen molar-refractivity contribution in [3.8, 4) is 12.3 Å². The summed E-state index contributed by atoms with van der Waals surface area (Å²) in [6.07, 6.45) is 7.05. The molecule has 6 nitrogen and oxygen atoms in total. The number of hydrogen-bond donors (Lipinski definition) is 0. The van der Waals surface area contributed by atoms with E-state index in [1.54, 1.807) is 10.6 Å². The number of para-hydroxylation sites is 1. The molecule has 35 heavy (non-hydrogen) atoms. The summed E-state index contributed by atoms with van der Waals surface area (Å²) in [4.78, 5) is 17.5. The molecule has 3 aromatic carbocycles. The topological polar surface area (TPSA) is 71.7 Å². The van der Waals surface area contributed by atoms with Crippen LogP contribution in [0.1, 0.15) is 22.3 Å². The second kappa shape index (κ2) is 9.13. The minimum atomic E-state index is -3.78. The Balaban J connectivity index is 1.47. The molecule has 176 valence electrons. The van der Waals surface area contributed by atoms with Crippen LogP contribution >= 0.6 is 11.3 Å². The van der Waals surface area contributed by atoms with E-state index in [2.05, 4.69) is 10.9 Å². The van der Waals surface area contributed by atoms with Gasteiger partial charge in [0.2, 0.25) is 0 Å². The second-order valence-electron chi connectivity index (χ2n) is 8.04. The maximum absolute atomic E-state index is 13.6. The molecule has 2 heterocycles. The minimum absolute atomic E-state index is 0.102. The zero-order chi connectivity index (χ0) is 24.6. The molecule has 1 amide bonds. The summed E-state index contributed by atoms with van der Waals surface area (Å²) in [5.74, 6) is 1.59. The van der Waals surface area contributed by atoms with Gasteiger partial charge in [-0.05, 0) is 66.9 Å². The van der Waals surface area contributed by atoms with E-state index in [-0.39, 0.29) is 17.0 Å². The van der Waals surface area contributed by atoms with Crippen molar-refractivity contribution in [1.29, 1.82) is 0 Å². The number of halogens is 1. The van der Waals surface area contributed by atoms with E-state index in [4.69, 9.17) is 6.42 Å². The van der Waals surface area contributed by atoms with E-state index >= 15 is 0 Å². The summed E-state index contributed by atoms with van der Waals surface area (Å²) in [5, 5.41) is 0. The largest absolute Gasteiger partial charge is 0.305 e. The van der Waals surface area contributed by atoms with Crippen molar-refractivity contribution in [3.05, 3.63) is 88.5 Å². The van der Waals surface area contributed by atoms with Crippen LogP contribution in [-0.4, -0.2) is 25.4 Å². The maximum Gasteiger partial charge on any atom is 0.279 e. The number of hydrogen-bond acceptors (Lipinski definition) is 4. The molecule has 0 bridgehead atoms. The number of aryl methyl sites for hydroxylation is 1. The highest BCUT2D eigenvalue weighted by Gasteiger charge is 2.29. The van der Waals surface area contributed by atoms with Crippen LogP contribution in [0.25, 0.3) is 10.2 Å². The smallest absolute Gasteiger partial charge is 0.279 e. The summed E-state index contributed by atoms with van der Waals surface area (Å²) in [6, 6.07) is 17.5. The molecule has 1 aliphatic rings. The fraction of sp³-hybridized carbons (Fsp3) is 0.154. The lowest BCUT2D eigenvalue weighted by Gasteiger charge is -2.30. The van der Waals surface area contributed by atoms with E-state index in [0.717, 1.165) is 29.7 Å². The number of aromatic nitrogens is 1. The average Bonchev–Trinajstić information content (AvgIpc) is 3.19. The Kier molecular flexibility index (Phi) is 6.01. The molecular weight excluding hydrogens is 485 g/mol. The molecule has 0 radical (unpaired) electrons. The van der Waals surface area contributed by atoms with Crippen LogP contribution in [-0.2, 0) is 23.0 Å². The number of sulfonamides is 1. The number of anilines is 1. The molecular formula is C26H20FN3O3S2. The number of thiazole rings is 1. The quantitative estimate of drug-likeness (QED) is 0.387. The van der Waals surface area contributed by atoms with Crippen LogP contribution in [0.3, 0.4) is 0 Å². The van der Waals surface area contributed by atoms with Gasteiger partial charge in [-0.1, -0.05) is 35.5 Å². The van der Waals surface area contributed by atoms with Gasteiger partial charge in [0.1, 0.15) is 5.82 Å². The van der Waals surface area contributed by atoms with Gasteiger partial charge in [-0.15, -0.1) is 6.42 Å². The first kappa shape index (κ1) is 23.0. The molecule has 0 fully saturated rings. The number of rotatable bonds is 4. The molecule has 0 unspecified atom stereocenters. The van der Waals surface area contributed by atoms with Crippen molar-refractivity contribution in [2.75, 3.05) is 10.8 Å². The third kappa shape index (κ3) is 4.27. The second-order valence-corrected chi connectivity index (χ2v) is 10.9. The van der Waals surface area contributed by atoms with Crippen molar-refractivity contribution in [3.63, 3.8) is 0 Å². The van der Waals surface area contributed by atoms with Crippen molar-refractivity contribution < 1.29 is 17.6 Å². The lowest BCUT2D eigenvalue weighted by atomic mass is 10.0. The minimum Gasteiger partial charge on any atom is -0.305 e. The Morgan fingerprint density at radius 2 is 1.89 bits per heavy atom. The Labute approximate surface area is 206 Å². The number of carbonyl (C=O) groups excluding carboxylic acids is 1. The SMILES string of the molecule is C#CCn1c(=NC(=O)c2ccc(S(=O)(=O)N3CCCc4ccccc43)cc2)sc2cc(F)ccc21. The van der Waals surface area contributed by atoms with Gasteiger partial charge in [0.15, 0.2) is 4.80 Å². The molecule has 0 spiro atoms. The molecule has 5 rings (SSSR count). The number of terminal acetylenes is 1. The van der Waals surface area contributed by atoms with E-state index in [1.807, 2.05) is 24.3 Å². The molecule has 1 aliphatic heterocycles. The first-order valence-electron chi connectivity index (χ1n) is 10.9. The number of benzene rings is 3. The molecule has 1 aromatic heterocycles. The molecule has 0 aliphatic carbocycles. The zero-order valence-electron chi connectivity index (χ0n) is 18.5. The summed E-state index contributed by atoms with van der Waals surface area (Å²) in [7, 11) is -3.78. The zero-order valence-corrected chi connectivity index (χ0v) is 20.2. The van der Waals surface area contributed by atoms with Crippen molar-refractivity contribution in [1.82, 2.24) is 4.57 Å². The summed E-state index contributed by atoms with van der Waals surface area (Å²) in [6.45, 7) is 0.573. The molecule has 0 saturated heterocycles. The van der Waals surface area contributed by atoms with Gasteiger partial charge >= 0.3 is 0 Å². The summed E-state index contributed by atoms with van der Waals surface area (Å²) in [5.41, 5.74) is 2.60. The lowest BCUT2D eigenvalue weighted by molar-refractivity contribution is 0.0998. The van der Waals surface area contributed by atoms with Crippen molar-refractivity contribution >= 4 is 43.2 Å². The van der Waals surface area contributed by atoms with Gasteiger partial charge in [0.05, 0.1) is 27.3 Å². The Hall–Kier alpha value is -3.74. The summed E-state index contributed by atoms with van der Waals surface area (Å²) >= 11 is 1.16.